The van der Waals surface area contributed by atoms with Crippen molar-refractivity contribution in [1.82, 2.24) is 0 Å². The van der Waals surface area contributed by atoms with Crippen molar-refractivity contribution >= 4 is 30.4 Å². The van der Waals surface area contributed by atoms with Crippen molar-refractivity contribution in [1.29, 1.82) is 0 Å². The van der Waals surface area contributed by atoms with E-state index in [0.717, 1.165) is 0 Å². The summed E-state index contributed by atoms with van der Waals surface area (Å²) in [6, 6.07) is 0. The van der Waals surface area contributed by atoms with Gasteiger partial charge in [-0.05, 0) is 15.9 Å². The maximum Gasteiger partial charge on any atom is 0.154 e. The zero-order chi connectivity index (χ0) is 8.06. The first-order chi connectivity index (χ1) is 5.08. The molecule has 0 spiro atoms. The van der Waals surface area contributed by atoms with E-state index >= 15 is 0 Å². The van der Waals surface area contributed by atoms with E-state index in [4.69, 9.17) is 4.84 Å². The monoisotopic (exact) mass is 239 g/mol. The summed E-state index contributed by atoms with van der Waals surface area (Å²) >= 11 is 3.16. The second-order valence-corrected chi connectivity index (χ2v) is 5.71. The molecule has 0 aromatic heterocycles. The van der Waals surface area contributed by atoms with Gasteiger partial charge in [0.1, 0.15) is 4.62 Å². The van der Waals surface area contributed by atoms with Crippen molar-refractivity contribution in [3.63, 3.8) is 0 Å². The fraction of sp³-hybridized carbons (Fsp3) is 0.800. The molecular weight excluding hydrogens is 234 g/mol. The summed E-state index contributed by atoms with van der Waals surface area (Å²) in [5, 5.41) is 3.66. The van der Waals surface area contributed by atoms with Gasteiger partial charge in [0.05, 0.1) is 17.4 Å². The van der Waals surface area contributed by atoms with Crippen LogP contribution in [0.5, 0.6) is 0 Å². The van der Waals surface area contributed by atoms with E-state index in [0.29, 0.717) is 4.62 Å². The molecule has 0 aromatic carbocycles. The number of hydrogen-bond donors (Lipinski definition) is 0. The largest absolute Gasteiger partial charge is 0.390 e. The highest BCUT2D eigenvalue weighted by Gasteiger charge is 2.45. The predicted molar refractivity (Wildman–Crippen MR) is 43.4 cm³/mol. The lowest BCUT2D eigenvalue weighted by Crippen LogP contribution is -2.17. The standard InChI is InChI=1S/C5H6BrNO3S/c6-5-3-1-11(8,9)2-4(3)10-7-5/h3-4H,1-2H2/t3-,4+/m0/s1. The molecule has 2 rings (SSSR count). The molecule has 62 valence electrons. The summed E-state index contributed by atoms with van der Waals surface area (Å²) in [7, 11) is -2.87. The van der Waals surface area contributed by atoms with Gasteiger partial charge in [-0.15, -0.1) is 0 Å². The number of nitrogens with zero attached hydrogens (tertiary/aromatic N) is 1. The molecule has 0 radical (unpaired) electrons. The molecule has 0 unspecified atom stereocenters. The van der Waals surface area contributed by atoms with Crippen LogP contribution in [-0.4, -0.2) is 30.6 Å². The van der Waals surface area contributed by atoms with E-state index in [9.17, 15) is 8.42 Å². The summed E-state index contributed by atoms with van der Waals surface area (Å²) < 4.78 is 22.7. The maximum atomic E-state index is 11.0. The lowest BCUT2D eigenvalue weighted by atomic mass is 10.1. The first kappa shape index (κ1) is 7.54. The molecule has 0 aliphatic carbocycles. The molecule has 4 nitrogen and oxygen atoms in total. The second kappa shape index (κ2) is 2.20. The van der Waals surface area contributed by atoms with Gasteiger partial charge in [0, 0.05) is 0 Å². The number of sulfone groups is 1. The average Bonchev–Trinajstić information content (AvgIpc) is 2.31. The van der Waals surface area contributed by atoms with Gasteiger partial charge in [-0.1, -0.05) is 5.16 Å². The molecule has 0 amide bonds. The third-order valence-electron chi connectivity index (χ3n) is 1.88. The van der Waals surface area contributed by atoms with Crippen molar-refractivity contribution in [2.75, 3.05) is 11.5 Å². The minimum Gasteiger partial charge on any atom is -0.390 e. The van der Waals surface area contributed by atoms with Crippen LogP contribution in [0.3, 0.4) is 0 Å². The van der Waals surface area contributed by atoms with Crippen LogP contribution in [0.2, 0.25) is 0 Å². The minimum absolute atomic E-state index is 0.0556. The molecule has 1 fully saturated rings. The number of hydrogen-bond acceptors (Lipinski definition) is 4. The Kier molecular flexibility index (Phi) is 1.51. The van der Waals surface area contributed by atoms with Crippen LogP contribution in [-0.2, 0) is 14.7 Å². The summed E-state index contributed by atoms with van der Waals surface area (Å²) in [4.78, 5) is 4.89. The highest BCUT2D eigenvalue weighted by Crippen LogP contribution is 2.30. The molecule has 2 heterocycles. The quantitative estimate of drug-likeness (QED) is 0.605. The highest BCUT2D eigenvalue weighted by atomic mass is 79.9. The number of halogens is 1. The Morgan fingerprint density at radius 3 is 2.91 bits per heavy atom. The Bertz CT molecular complexity index is 310. The zero-order valence-corrected chi connectivity index (χ0v) is 7.93. The Morgan fingerprint density at radius 2 is 2.27 bits per heavy atom. The molecule has 0 saturated carbocycles. The lowest BCUT2D eigenvalue weighted by molar-refractivity contribution is 0.0882. The van der Waals surface area contributed by atoms with E-state index in [2.05, 4.69) is 21.1 Å². The van der Waals surface area contributed by atoms with Crippen LogP contribution < -0.4 is 0 Å². The van der Waals surface area contributed by atoms with Crippen LogP contribution in [0.1, 0.15) is 0 Å². The average molecular weight is 240 g/mol. The first-order valence-corrected chi connectivity index (χ1v) is 5.79. The van der Waals surface area contributed by atoms with Crippen LogP contribution in [0, 0.1) is 5.92 Å². The molecule has 0 aromatic rings. The van der Waals surface area contributed by atoms with Crippen LogP contribution in [0.25, 0.3) is 0 Å². The van der Waals surface area contributed by atoms with Gasteiger partial charge in [-0.25, -0.2) is 8.42 Å². The minimum atomic E-state index is -2.87. The summed E-state index contributed by atoms with van der Waals surface area (Å²) in [5.41, 5.74) is 0. The van der Waals surface area contributed by atoms with Gasteiger partial charge in [0.2, 0.25) is 0 Å². The van der Waals surface area contributed by atoms with E-state index in [1.54, 1.807) is 0 Å². The molecule has 0 N–H and O–H groups in total. The van der Waals surface area contributed by atoms with E-state index < -0.39 is 9.84 Å². The van der Waals surface area contributed by atoms with Gasteiger partial charge in [0.25, 0.3) is 0 Å². The maximum absolute atomic E-state index is 11.0. The SMILES string of the molecule is O=S1(=O)C[C@@H]2C(Br)=NO[C@@H]2C1. The molecule has 1 saturated heterocycles. The van der Waals surface area contributed by atoms with E-state index in [-0.39, 0.29) is 23.5 Å². The van der Waals surface area contributed by atoms with E-state index in [1.165, 1.54) is 0 Å². The fourth-order valence-electron chi connectivity index (χ4n) is 1.33. The Labute approximate surface area is 72.6 Å². The zero-order valence-electron chi connectivity index (χ0n) is 5.53. The molecule has 2 aliphatic heterocycles. The topological polar surface area (TPSA) is 55.7 Å². The number of rotatable bonds is 0. The number of oxime groups is 1. The number of fused-ring (bicyclic) bond motifs is 1. The van der Waals surface area contributed by atoms with Crippen molar-refractivity contribution in [3.8, 4) is 0 Å². The normalized spacial score (nSPS) is 39.5. The molecule has 2 aliphatic rings. The molecule has 6 heteroatoms. The van der Waals surface area contributed by atoms with Crippen LogP contribution in [0.15, 0.2) is 5.16 Å². The Balaban J connectivity index is 2.29. The molecule has 2 atom stereocenters. The summed E-state index contributed by atoms with van der Waals surface area (Å²) in [6.45, 7) is 0. The molecular formula is C5H6BrNO3S. The van der Waals surface area contributed by atoms with Gasteiger partial charge in [0.15, 0.2) is 15.9 Å². The second-order valence-electron chi connectivity index (χ2n) is 2.74. The molecule has 11 heavy (non-hydrogen) atoms. The summed E-state index contributed by atoms with van der Waals surface area (Å²) in [5.74, 6) is 0.220. The Morgan fingerprint density at radius 1 is 1.55 bits per heavy atom. The van der Waals surface area contributed by atoms with Crippen molar-refractivity contribution in [2.45, 2.75) is 6.10 Å². The van der Waals surface area contributed by atoms with Gasteiger partial charge < -0.3 is 4.84 Å². The highest BCUT2D eigenvalue weighted by molar-refractivity contribution is 9.18. The third kappa shape index (κ3) is 1.18. The lowest BCUT2D eigenvalue weighted by Gasteiger charge is -2.01. The third-order valence-corrected chi connectivity index (χ3v) is 4.32. The van der Waals surface area contributed by atoms with Gasteiger partial charge >= 0.3 is 0 Å². The first-order valence-electron chi connectivity index (χ1n) is 3.18. The Hall–Kier alpha value is -0.100. The van der Waals surface area contributed by atoms with Crippen molar-refractivity contribution in [3.05, 3.63) is 0 Å². The van der Waals surface area contributed by atoms with E-state index in [1.807, 2.05) is 0 Å². The van der Waals surface area contributed by atoms with Crippen LogP contribution in [0.4, 0.5) is 0 Å². The summed E-state index contributed by atoms with van der Waals surface area (Å²) in [6.07, 6.45) is -0.241. The van der Waals surface area contributed by atoms with Crippen molar-refractivity contribution < 1.29 is 13.3 Å². The van der Waals surface area contributed by atoms with Crippen molar-refractivity contribution in [2.24, 2.45) is 11.1 Å². The van der Waals surface area contributed by atoms with Gasteiger partial charge in [-0.2, -0.15) is 0 Å². The fourth-order valence-corrected chi connectivity index (χ4v) is 3.93. The van der Waals surface area contributed by atoms with Crippen LogP contribution >= 0.6 is 15.9 Å². The van der Waals surface area contributed by atoms with Gasteiger partial charge in [-0.3, -0.25) is 0 Å². The molecule has 0 bridgehead atoms. The smallest absolute Gasteiger partial charge is 0.154 e. The predicted octanol–water partition coefficient (Wildman–Crippen LogP) is 0.138.